The van der Waals surface area contributed by atoms with Crippen LogP contribution in [0.15, 0.2) is 36.4 Å². The smallest absolute Gasteiger partial charge is 0.330 e. The molecule has 1 aromatic carbocycles. The summed E-state index contributed by atoms with van der Waals surface area (Å²) in [6.45, 7) is 6.57. The van der Waals surface area contributed by atoms with E-state index < -0.39 is 35.9 Å². The predicted octanol–water partition coefficient (Wildman–Crippen LogP) is 3.13. The van der Waals surface area contributed by atoms with Crippen molar-refractivity contribution in [1.82, 2.24) is 4.90 Å². The van der Waals surface area contributed by atoms with Gasteiger partial charge in [0, 0.05) is 5.56 Å². The maximum atomic E-state index is 13.1. The summed E-state index contributed by atoms with van der Waals surface area (Å²) in [7, 11) is 0. The molecule has 3 amide bonds. The molecule has 1 fully saturated rings. The van der Waals surface area contributed by atoms with E-state index in [9.17, 15) is 24.0 Å². The van der Waals surface area contributed by atoms with Gasteiger partial charge in [-0.15, -0.1) is 0 Å². The average Bonchev–Trinajstić information content (AvgIpc) is 3.02. The maximum absolute atomic E-state index is 13.1. The van der Waals surface area contributed by atoms with E-state index in [1.165, 1.54) is 13.8 Å². The van der Waals surface area contributed by atoms with Gasteiger partial charge in [0.25, 0.3) is 5.91 Å². The fraction of sp³-hybridized carbons (Fsp3) is 0.480. The van der Waals surface area contributed by atoms with Crippen LogP contribution in [0, 0.1) is 17.8 Å². The molecule has 2 aliphatic rings. The van der Waals surface area contributed by atoms with Gasteiger partial charge >= 0.3 is 5.97 Å². The highest BCUT2D eigenvalue weighted by molar-refractivity contribution is 6.08. The van der Waals surface area contributed by atoms with E-state index >= 15 is 0 Å². The topological polar surface area (TPSA) is 110 Å². The zero-order valence-electron chi connectivity index (χ0n) is 19.4. The molecule has 8 nitrogen and oxygen atoms in total. The highest BCUT2D eigenvalue weighted by Crippen LogP contribution is 2.37. The molecule has 0 saturated carbocycles. The third-order valence-corrected chi connectivity index (χ3v) is 6.05. The number of allylic oxidation sites excluding steroid dienone is 2. The number of para-hydroxylation sites is 1. The Morgan fingerprint density at radius 3 is 2.15 bits per heavy atom. The molecule has 4 unspecified atom stereocenters. The van der Waals surface area contributed by atoms with E-state index in [0.717, 1.165) is 4.90 Å². The van der Waals surface area contributed by atoms with Crippen LogP contribution in [-0.2, 0) is 23.9 Å². The van der Waals surface area contributed by atoms with Crippen LogP contribution < -0.4 is 5.32 Å². The summed E-state index contributed by atoms with van der Waals surface area (Å²) in [4.78, 5) is 64.6. The summed E-state index contributed by atoms with van der Waals surface area (Å²) in [5, 5.41) is 2.61. The zero-order chi connectivity index (χ0) is 24.3. The van der Waals surface area contributed by atoms with E-state index in [1.54, 1.807) is 24.3 Å². The number of nitrogens with zero attached hydrogens (tertiary/aromatic N) is 1. The minimum atomic E-state index is -1.19. The summed E-state index contributed by atoms with van der Waals surface area (Å²) in [5.41, 5.74) is 0.657. The lowest BCUT2D eigenvalue weighted by Gasteiger charge is -2.27. The van der Waals surface area contributed by atoms with Gasteiger partial charge in [0.2, 0.25) is 11.8 Å². The van der Waals surface area contributed by atoms with Gasteiger partial charge in [-0.3, -0.25) is 24.1 Å². The van der Waals surface area contributed by atoms with Crippen molar-refractivity contribution >= 4 is 35.2 Å². The monoisotopic (exact) mass is 454 g/mol. The molecule has 1 N–H and O–H groups in total. The first-order chi connectivity index (χ1) is 15.6. The molecule has 0 bridgehead atoms. The number of nitrogens with one attached hydrogen (secondary N) is 1. The normalized spacial score (nSPS) is 21.5. The number of hydrogen-bond donors (Lipinski definition) is 1. The number of esters is 1. The zero-order valence-corrected chi connectivity index (χ0v) is 19.4. The molecule has 0 spiro atoms. The molecule has 8 heteroatoms. The second-order valence-corrected chi connectivity index (χ2v) is 9.02. The minimum Gasteiger partial charge on any atom is -0.451 e. The molecule has 0 radical (unpaired) electrons. The van der Waals surface area contributed by atoms with Crippen LogP contribution >= 0.6 is 0 Å². The maximum Gasteiger partial charge on any atom is 0.330 e. The first kappa shape index (κ1) is 24.4. The fourth-order valence-corrected chi connectivity index (χ4v) is 4.33. The number of carbonyl (C=O) groups is 5. The van der Waals surface area contributed by atoms with Crippen molar-refractivity contribution < 1.29 is 28.7 Å². The van der Waals surface area contributed by atoms with E-state index in [4.69, 9.17) is 4.74 Å². The molecule has 0 aromatic heterocycles. The molecule has 1 saturated heterocycles. The number of amides is 3. The van der Waals surface area contributed by atoms with Crippen molar-refractivity contribution in [1.29, 1.82) is 0 Å². The van der Waals surface area contributed by atoms with E-state index in [1.807, 2.05) is 26.0 Å². The molecule has 1 aromatic rings. The summed E-state index contributed by atoms with van der Waals surface area (Å²) >= 11 is 0. The third kappa shape index (κ3) is 5.21. The number of hydrogen-bond acceptors (Lipinski definition) is 6. The Morgan fingerprint density at radius 1 is 1.03 bits per heavy atom. The van der Waals surface area contributed by atoms with Crippen molar-refractivity contribution in [2.45, 2.75) is 59.1 Å². The lowest BCUT2D eigenvalue weighted by atomic mass is 9.85. The average molecular weight is 455 g/mol. The van der Waals surface area contributed by atoms with Crippen molar-refractivity contribution in [2.75, 3.05) is 5.32 Å². The number of benzene rings is 1. The van der Waals surface area contributed by atoms with Crippen molar-refractivity contribution in [3.05, 3.63) is 42.0 Å². The van der Waals surface area contributed by atoms with Crippen molar-refractivity contribution in [3.8, 4) is 0 Å². The SMILES string of the molecule is CC(=O)c1ccccc1NC(=O)C(C)OC(=O)C(CC(C)C)N1C(=O)C2CC=CCC2C1=O. The van der Waals surface area contributed by atoms with Gasteiger partial charge in [0.15, 0.2) is 11.9 Å². The van der Waals surface area contributed by atoms with Crippen LogP contribution in [0.4, 0.5) is 5.69 Å². The van der Waals surface area contributed by atoms with Crippen LogP contribution in [0.1, 0.15) is 57.3 Å². The van der Waals surface area contributed by atoms with Crippen LogP contribution in [0.25, 0.3) is 0 Å². The first-order valence-electron chi connectivity index (χ1n) is 11.2. The van der Waals surface area contributed by atoms with Gasteiger partial charge in [0.1, 0.15) is 6.04 Å². The second-order valence-electron chi connectivity index (χ2n) is 9.02. The molecule has 33 heavy (non-hydrogen) atoms. The van der Waals surface area contributed by atoms with Gasteiger partial charge in [-0.25, -0.2) is 4.79 Å². The van der Waals surface area contributed by atoms with Gasteiger partial charge in [-0.2, -0.15) is 0 Å². The number of anilines is 1. The molecular formula is C25H30N2O6. The number of ether oxygens (including phenoxy) is 1. The van der Waals surface area contributed by atoms with Gasteiger partial charge in [0.05, 0.1) is 17.5 Å². The number of likely N-dealkylation sites (tertiary alicyclic amines) is 1. The Labute approximate surface area is 193 Å². The second kappa shape index (κ2) is 10.1. The standard InChI is InChI=1S/C25H30N2O6/c1-14(2)13-21(27-23(30)18-10-5-6-11-19(18)24(27)31)25(32)33-16(4)22(29)26-20-12-8-7-9-17(20)15(3)28/h5-9,12,14,16,18-19,21H,10-11,13H2,1-4H3,(H,26,29). The first-order valence-corrected chi connectivity index (χ1v) is 11.2. The summed E-state index contributed by atoms with van der Waals surface area (Å²) in [6.07, 6.45) is 3.77. The molecule has 1 aliphatic carbocycles. The molecule has 176 valence electrons. The summed E-state index contributed by atoms with van der Waals surface area (Å²) in [5.74, 6) is -3.22. The Balaban J connectivity index is 1.74. The van der Waals surface area contributed by atoms with E-state index in [-0.39, 0.29) is 29.9 Å². The lowest BCUT2D eigenvalue weighted by Crippen LogP contribution is -2.48. The number of fused-ring (bicyclic) bond motifs is 1. The minimum absolute atomic E-state index is 0.00970. The predicted molar refractivity (Wildman–Crippen MR) is 121 cm³/mol. The molecule has 4 atom stereocenters. The highest BCUT2D eigenvalue weighted by atomic mass is 16.5. The Hall–Kier alpha value is -3.29. The van der Waals surface area contributed by atoms with Crippen LogP contribution in [0.2, 0.25) is 0 Å². The summed E-state index contributed by atoms with van der Waals surface area (Å²) in [6, 6.07) is 5.45. The third-order valence-electron chi connectivity index (χ3n) is 6.05. The largest absolute Gasteiger partial charge is 0.451 e. The quantitative estimate of drug-likeness (QED) is 0.280. The van der Waals surface area contributed by atoms with E-state index in [0.29, 0.717) is 24.1 Å². The molecular weight excluding hydrogens is 424 g/mol. The number of imide groups is 1. The Kier molecular flexibility index (Phi) is 7.46. The van der Waals surface area contributed by atoms with Crippen molar-refractivity contribution in [2.24, 2.45) is 17.8 Å². The number of Topliss-reactive ketones (excluding diaryl/α,β-unsaturated/α-hetero) is 1. The van der Waals surface area contributed by atoms with Gasteiger partial charge in [-0.1, -0.05) is 38.1 Å². The van der Waals surface area contributed by atoms with Gasteiger partial charge < -0.3 is 10.1 Å². The summed E-state index contributed by atoms with van der Waals surface area (Å²) < 4.78 is 5.41. The fourth-order valence-electron chi connectivity index (χ4n) is 4.33. The molecule has 1 heterocycles. The van der Waals surface area contributed by atoms with E-state index in [2.05, 4.69) is 5.32 Å². The van der Waals surface area contributed by atoms with Crippen LogP contribution in [0.5, 0.6) is 0 Å². The molecule has 3 rings (SSSR count). The van der Waals surface area contributed by atoms with Gasteiger partial charge in [-0.05, 0) is 51.2 Å². The van der Waals surface area contributed by atoms with Crippen LogP contribution in [0.3, 0.4) is 0 Å². The number of carbonyl (C=O) groups excluding carboxylic acids is 5. The Bertz CT molecular complexity index is 972. The lowest BCUT2D eigenvalue weighted by molar-refractivity contribution is -0.164. The Morgan fingerprint density at radius 2 is 1.61 bits per heavy atom. The van der Waals surface area contributed by atoms with Crippen molar-refractivity contribution in [3.63, 3.8) is 0 Å². The van der Waals surface area contributed by atoms with Crippen LogP contribution in [-0.4, -0.2) is 46.5 Å². The number of ketones is 1. The molecule has 1 aliphatic heterocycles. The highest BCUT2D eigenvalue weighted by Gasteiger charge is 2.51. The number of rotatable bonds is 8.